The lowest BCUT2D eigenvalue weighted by Crippen LogP contribution is -2.30. The van der Waals surface area contributed by atoms with Crippen molar-refractivity contribution in [1.29, 1.82) is 0 Å². The minimum atomic E-state index is -4.98. The van der Waals surface area contributed by atoms with Crippen LogP contribution in [0.15, 0.2) is 85.1 Å². The smallest absolute Gasteiger partial charge is 0.462 e. The number of unbranched alkanes of at least 4 members (excludes halogenated alkanes) is 35. The molecule has 0 aromatic carbocycles. The van der Waals surface area contributed by atoms with Crippen molar-refractivity contribution in [2.45, 2.75) is 367 Å². The SMILES string of the molecule is CC/C=C\C/C=C\C/C=C\C/C=C\C/C=C\CCCCCC(=O)OCC(COP(=O)(O)OCC(O)COP(=O)(O)OCC(COC(=O)CCCCCCCCCCCCCCC)OC(=O)CCCCCCCCCCCCCCC)OC(=O)CCCCCCC/C=C\C/C=C\CCCCC. The van der Waals surface area contributed by atoms with Crippen molar-refractivity contribution < 1.29 is 80.2 Å². The molecule has 0 amide bonds. The van der Waals surface area contributed by atoms with Crippen LogP contribution in [0, 0.1) is 0 Å². The Hall–Kier alpha value is -3.76. The van der Waals surface area contributed by atoms with Crippen LogP contribution < -0.4 is 0 Å². The van der Waals surface area contributed by atoms with Gasteiger partial charge >= 0.3 is 39.5 Å². The van der Waals surface area contributed by atoms with E-state index in [1.807, 2.05) is 0 Å². The molecule has 5 unspecified atom stereocenters. The van der Waals surface area contributed by atoms with E-state index in [1.54, 1.807) is 0 Å². The van der Waals surface area contributed by atoms with Crippen LogP contribution in [0.1, 0.15) is 349 Å². The second-order valence-electron chi connectivity index (χ2n) is 26.6. The van der Waals surface area contributed by atoms with Gasteiger partial charge in [-0.15, -0.1) is 0 Å². The molecule has 0 aliphatic rings. The summed E-state index contributed by atoms with van der Waals surface area (Å²) in [6, 6.07) is 0. The molecule has 0 spiro atoms. The maximum Gasteiger partial charge on any atom is 0.472 e. The molecule has 0 rings (SSSR count). The first-order valence-corrected chi connectivity index (χ1v) is 42.8. The fourth-order valence-corrected chi connectivity index (χ4v) is 12.4. The number of carbonyl (C=O) groups is 4. The van der Waals surface area contributed by atoms with Crippen LogP contribution in [0.25, 0.3) is 0 Å². The van der Waals surface area contributed by atoms with Gasteiger partial charge in [0, 0.05) is 25.7 Å². The van der Waals surface area contributed by atoms with Gasteiger partial charge in [-0.2, -0.15) is 0 Å². The van der Waals surface area contributed by atoms with Crippen molar-refractivity contribution in [3.05, 3.63) is 85.1 Å². The first kappa shape index (κ1) is 96.2. The minimum absolute atomic E-state index is 0.0725. The Bertz CT molecular complexity index is 2230. The lowest BCUT2D eigenvalue weighted by atomic mass is 10.0. The Labute approximate surface area is 608 Å². The first-order valence-electron chi connectivity index (χ1n) is 39.8. The van der Waals surface area contributed by atoms with E-state index in [2.05, 4.69) is 113 Å². The Morgan fingerprint density at radius 2 is 0.520 bits per heavy atom. The lowest BCUT2D eigenvalue weighted by molar-refractivity contribution is -0.161. The third kappa shape index (κ3) is 72.6. The number of phosphoric ester groups is 2. The third-order valence-corrected chi connectivity index (χ3v) is 18.8. The standard InChI is InChI=1S/C81H144O17P2/c1-5-9-13-17-21-25-29-33-35-36-37-38-40-43-46-50-54-58-62-66-79(84)92-72-77(98-81(86)68-64-60-56-52-48-44-39-34-30-26-22-18-14-10-6-2)74-96-100(89,90)94-70-75(82)69-93-99(87,88)95-73-76(97-80(85)67-63-59-55-51-47-42-32-28-24-20-16-12-8-4)71-91-78(83)65-61-57-53-49-45-41-31-27-23-19-15-11-7-3/h9,13,21-22,25-26,33-35,37-39,43,46,75-77,82H,5-8,10-12,14-20,23-24,27-32,36,40-42,44-45,47-74H2,1-4H3,(H,87,88)(H,89,90)/b13-9-,25-21-,26-22-,35-33-,38-37-,39-34-,46-43-. The van der Waals surface area contributed by atoms with E-state index >= 15 is 0 Å². The first-order chi connectivity index (χ1) is 48.7. The summed E-state index contributed by atoms with van der Waals surface area (Å²) < 4.78 is 68.6. The number of hydrogen-bond donors (Lipinski definition) is 3. The van der Waals surface area contributed by atoms with Crippen LogP contribution >= 0.6 is 15.6 Å². The predicted octanol–water partition coefficient (Wildman–Crippen LogP) is 23.0. The van der Waals surface area contributed by atoms with Gasteiger partial charge in [0.15, 0.2) is 12.2 Å². The minimum Gasteiger partial charge on any atom is -0.462 e. The molecule has 0 saturated heterocycles. The highest BCUT2D eigenvalue weighted by Gasteiger charge is 2.30. The number of hydrogen-bond acceptors (Lipinski definition) is 15. The fourth-order valence-electron chi connectivity index (χ4n) is 10.8. The number of phosphoric acid groups is 2. The number of aliphatic hydroxyl groups excluding tert-OH is 1. The third-order valence-electron chi connectivity index (χ3n) is 16.9. The number of carbonyl (C=O) groups excluding carboxylic acids is 4. The predicted molar refractivity (Wildman–Crippen MR) is 409 cm³/mol. The van der Waals surface area contributed by atoms with Gasteiger partial charge in [0.25, 0.3) is 0 Å². The molecule has 0 aromatic heterocycles. The molecule has 19 heteroatoms. The lowest BCUT2D eigenvalue weighted by Gasteiger charge is -2.21. The van der Waals surface area contributed by atoms with Gasteiger partial charge in [0.2, 0.25) is 0 Å². The number of esters is 4. The van der Waals surface area contributed by atoms with Crippen LogP contribution in [-0.4, -0.2) is 96.7 Å². The molecule has 0 saturated carbocycles. The summed E-state index contributed by atoms with van der Waals surface area (Å²) in [7, 11) is -9.95. The van der Waals surface area contributed by atoms with Crippen LogP contribution in [0.5, 0.6) is 0 Å². The van der Waals surface area contributed by atoms with Crippen molar-refractivity contribution in [2.24, 2.45) is 0 Å². The molecule has 0 fully saturated rings. The average Bonchev–Trinajstić information content (AvgIpc) is 0.946. The van der Waals surface area contributed by atoms with Crippen molar-refractivity contribution in [3.8, 4) is 0 Å². The molecule has 5 atom stereocenters. The molecule has 0 aromatic rings. The molecule has 3 N–H and O–H groups in total. The largest absolute Gasteiger partial charge is 0.472 e. The molecule has 0 bridgehead atoms. The van der Waals surface area contributed by atoms with Gasteiger partial charge in [0.1, 0.15) is 19.3 Å². The topological polar surface area (TPSA) is 237 Å². The zero-order valence-corrected chi connectivity index (χ0v) is 65.2. The Balaban J connectivity index is 5.36. The number of aliphatic hydroxyl groups is 1. The quantitative estimate of drug-likeness (QED) is 0.0169. The van der Waals surface area contributed by atoms with Crippen LogP contribution in [0.4, 0.5) is 0 Å². The molecule has 0 aliphatic heterocycles. The molecular formula is C81H144O17P2. The van der Waals surface area contributed by atoms with Gasteiger partial charge in [-0.1, -0.05) is 305 Å². The summed E-state index contributed by atoms with van der Waals surface area (Å²) in [6.45, 7) is 4.73. The molecular weight excluding hydrogens is 1310 g/mol. The van der Waals surface area contributed by atoms with E-state index in [0.717, 1.165) is 141 Å². The number of allylic oxidation sites excluding steroid dienone is 14. The Kier molecular flexibility index (Phi) is 70.8. The highest BCUT2D eigenvalue weighted by molar-refractivity contribution is 7.47. The van der Waals surface area contributed by atoms with E-state index in [-0.39, 0.29) is 25.7 Å². The summed E-state index contributed by atoms with van der Waals surface area (Å²) in [5.41, 5.74) is 0. The van der Waals surface area contributed by atoms with Gasteiger partial charge in [-0.3, -0.25) is 37.3 Å². The van der Waals surface area contributed by atoms with Crippen molar-refractivity contribution in [3.63, 3.8) is 0 Å². The van der Waals surface area contributed by atoms with Crippen LogP contribution in [0.3, 0.4) is 0 Å². The fraction of sp³-hybridized carbons (Fsp3) is 0.778. The van der Waals surface area contributed by atoms with Gasteiger partial charge in [0.05, 0.1) is 26.4 Å². The zero-order chi connectivity index (χ0) is 73.2. The average molecular weight is 1450 g/mol. The molecule has 0 heterocycles. The van der Waals surface area contributed by atoms with E-state index in [0.29, 0.717) is 25.7 Å². The maximum atomic E-state index is 13.1. The highest BCUT2D eigenvalue weighted by atomic mass is 31.2. The summed E-state index contributed by atoms with van der Waals surface area (Å²) in [5.74, 6) is -2.20. The Morgan fingerprint density at radius 3 is 0.830 bits per heavy atom. The van der Waals surface area contributed by atoms with Crippen LogP contribution in [0.2, 0.25) is 0 Å². The molecule has 0 radical (unpaired) electrons. The normalized spacial score (nSPS) is 14.3. The molecule has 100 heavy (non-hydrogen) atoms. The summed E-state index contributed by atoms with van der Waals surface area (Å²) in [4.78, 5) is 72.9. The monoisotopic (exact) mass is 1450 g/mol. The van der Waals surface area contributed by atoms with E-state index in [9.17, 15) is 43.2 Å². The molecule has 580 valence electrons. The van der Waals surface area contributed by atoms with Crippen molar-refractivity contribution in [2.75, 3.05) is 39.6 Å². The van der Waals surface area contributed by atoms with E-state index < -0.39 is 97.5 Å². The van der Waals surface area contributed by atoms with Gasteiger partial charge in [-0.25, -0.2) is 9.13 Å². The second kappa shape index (κ2) is 73.5. The number of ether oxygens (including phenoxy) is 4. The van der Waals surface area contributed by atoms with E-state index in [1.165, 1.54) is 128 Å². The molecule has 0 aliphatic carbocycles. The number of rotatable bonds is 75. The summed E-state index contributed by atoms with van der Waals surface area (Å²) >= 11 is 0. The summed E-state index contributed by atoms with van der Waals surface area (Å²) in [6.07, 6.45) is 75.6. The summed E-state index contributed by atoms with van der Waals surface area (Å²) in [5, 5.41) is 10.6. The molecule has 17 nitrogen and oxygen atoms in total. The van der Waals surface area contributed by atoms with Crippen LogP contribution in [-0.2, 0) is 65.4 Å². The maximum absolute atomic E-state index is 13.1. The van der Waals surface area contributed by atoms with Gasteiger partial charge < -0.3 is 33.8 Å². The van der Waals surface area contributed by atoms with Crippen molar-refractivity contribution >= 4 is 39.5 Å². The Morgan fingerprint density at radius 1 is 0.290 bits per heavy atom. The van der Waals surface area contributed by atoms with Crippen molar-refractivity contribution in [1.82, 2.24) is 0 Å². The second-order valence-corrected chi connectivity index (χ2v) is 29.5. The highest BCUT2D eigenvalue weighted by Crippen LogP contribution is 2.45. The van der Waals surface area contributed by atoms with E-state index in [4.69, 9.17) is 37.0 Å². The van der Waals surface area contributed by atoms with Gasteiger partial charge in [-0.05, 0) is 103 Å². The zero-order valence-electron chi connectivity index (χ0n) is 63.4.